The van der Waals surface area contributed by atoms with Crippen LogP contribution in [0.3, 0.4) is 0 Å². The lowest BCUT2D eigenvalue weighted by molar-refractivity contribution is 0.0697. The SMILES string of the molecule is CS(=O)(=O)Cc1ccc(-c2ccccc2C(=O)O)nc1. The van der Waals surface area contributed by atoms with E-state index < -0.39 is 15.8 Å². The van der Waals surface area contributed by atoms with Crippen LogP contribution in [0.2, 0.25) is 0 Å². The second-order valence-electron chi connectivity index (χ2n) is 4.47. The van der Waals surface area contributed by atoms with E-state index >= 15 is 0 Å². The quantitative estimate of drug-likeness (QED) is 0.931. The number of aromatic carboxylic acids is 1. The Hall–Kier alpha value is -2.21. The molecule has 0 saturated carbocycles. The van der Waals surface area contributed by atoms with Crippen LogP contribution in [-0.4, -0.2) is 30.7 Å². The highest BCUT2D eigenvalue weighted by atomic mass is 32.2. The molecule has 0 saturated heterocycles. The predicted octanol–water partition coefficient (Wildman–Crippen LogP) is 1.99. The van der Waals surface area contributed by atoms with Crippen LogP contribution in [0.15, 0.2) is 42.6 Å². The Balaban J connectivity index is 2.38. The number of benzene rings is 1. The topological polar surface area (TPSA) is 84.3 Å². The number of rotatable bonds is 4. The van der Waals surface area contributed by atoms with Gasteiger partial charge in [-0.25, -0.2) is 13.2 Å². The van der Waals surface area contributed by atoms with E-state index in [1.54, 1.807) is 30.3 Å². The van der Waals surface area contributed by atoms with E-state index in [9.17, 15) is 13.2 Å². The van der Waals surface area contributed by atoms with Crippen LogP contribution in [0, 0.1) is 0 Å². The first-order chi connectivity index (χ1) is 9.37. The molecule has 20 heavy (non-hydrogen) atoms. The van der Waals surface area contributed by atoms with Gasteiger partial charge in [0.1, 0.15) is 0 Å². The fourth-order valence-corrected chi connectivity index (χ4v) is 2.64. The first-order valence-electron chi connectivity index (χ1n) is 5.82. The number of sulfone groups is 1. The summed E-state index contributed by atoms with van der Waals surface area (Å²) in [4.78, 5) is 15.3. The van der Waals surface area contributed by atoms with Gasteiger partial charge in [-0.15, -0.1) is 0 Å². The van der Waals surface area contributed by atoms with Gasteiger partial charge >= 0.3 is 5.97 Å². The molecule has 0 aliphatic heterocycles. The number of pyridine rings is 1. The summed E-state index contributed by atoms with van der Waals surface area (Å²) in [5, 5.41) is 9.13. The molecule has 2 aromatic rings. The molecule has 0 bridgehead atoms. The molecule has 1 aromatic carbocycles. The Morgan fingerprint density at radius 1 is 1.20 bits per heavy atom. The van der Waals surface area contributed by atoms with Crippen LogP contribution in [-0.2, 0) is 15.6 Å². The van der Waals surface area contributed by atoms with Gasteiger partial charge in [0.25, 0.3) is 0 Å². The van der Waals surface area contributed by atoms with Gasteiger partial charge in [0.2, 0.25) is 0 Å². The van der Waals surface area contributed by atoms with E-state index in [0.717, 1.165) is 6.26 Å². The fourth-order valence-electron chi connectivity index (χ4n) is 1.86. The largest absolute Gasteiger partial charge is 0.478 e. The highest BCUT2D eigenvalue weighted by Crippen LogP contribution is 2.22. The molecule has 0 fully saturated rings. The van der Waals surface area contributed by atoms with Gasteiger partial charge in [-0.2, -0.15) is 0 Å². The molecule has 1 N–H and O–H groups in total. The minimum absolute atomic E-state index is 0.0825. The summed E-state index contributed by atoms with van der Waals surface area (Å²) in [7, 11) is -3.11. The van der Waals surface area contributed by atoms with Crippen molar-refractivity contribution in [3.8, 4) is 11.3 Å². The minimum Gasteiger partial charge on any atom is -0.478 e. The van der Waals surface area contributed by atoms with Crippen molar-refractivity contribution in [2.45, 2.75) is 5.75 Å². The normalized spacial score (nSPS) is 11.2. The number of aromatic nitrogens is 1. The van der Waals surface area contributed by atoms with Gasteiger partial charge < -0.3 is 5.11 Å². The van der Waals surface area contributed by atoms with E-state index in [1.165, 1.54) is 12.3 Å². The molecule has 0 spiro atoms. The summed E-state index contributed by atoms with van der Waals surface area (Å²) in [6, 6.07) is 9.81. The van der Waals surface area contributed by atoms with Gasteiger partial charge in [-0.1, -0.05) is 24.3 Å². The monoisotopic (exact) mass is 291 g/mol. The minimum atomic E-state index is -3.11. The number of carboxylic acid groups (broad SMARTS) is 1. The van der Waals surface area contributed by atoms with Crippen molar-refractivity contribution in [2.75, 3.05) is 6.26 Å². The molecule has 0 atom stereocenters. The van der Waals surface area contributed by atoms with Crippen molar-refractivity contribution in [2.24, 2.45) is 0 Å². The van der Waals surface area contributed by atoms with Crippen molar-refractivity contribution in [1.29, 1.82) is 0 Å². The number of nitrogens with zero attached hydrogens (tertiary/aromatic N) is 1. The molecule has 0 amide bonds. The molecule has 0 aliphatic rings. The fraction of sp³-hybridized carbons (Fsp3) is 0.143. The zero-order valence-corrected chi connectivity index (χ0v) is 11.6. The van der Waals surface area contributed by atoms with Gasteiger partial charge in [0.15, 0.2) is 9.84 Å². The molecular weight excluding hydrogens is 278 g/mol. The molecule has 1 heterocycles. The van der Waals surface area contributed by atoms with Crippen LogP contribution in [0.25, 0.3) is 11.3 Å². The molecule has 6 heteroatoms. The van der Waals surface area contributed by atoms with E-state index in [2.05, 4.69) is 4.98 Å². The van der Waals surface area contributed by atoms with Crippen LogP contribution in [0.5, 0.6) is 0 Å². The molecule has 0 unspecified atom stereocenters. The third-order valence-corrected chi connectivity index (χ3v) is 3.54. The summed E-state index contributed by atoms with van der Waals surface area (Å²) in [6.07, 6.45) is 2.61. The summed E-state index contributed by atoms with van der Waals surface area (Å²) in [5.41, 5.74) is 1.74. The summed E-state index contributed by atoms with van der Waals surface area (Å²) in [5.74, 6) is -1.11. The lowest BCUT2D eigenvalue weighted by atomic mass is 10.0. The summed E-state index contributed by atoms with van der Waals surface area (Å²) in [6.45, 7) is 0. The van der Waals surface area contributed by atoms with Gasteiger partial charge in [-0.05, 0) is 17.7 Å². The first-order valence-corrected chi connectivity index (χ1v) is 7.88. The second-order valence-corrected chi connectivity index (χ2v) is 6.61. The highest BCUT2D eigenvalue weighted by Gasteiger charge is 2.12. The van der Waals surface area contributed by atoms with Crippen molar-refractivity contribution in [3.05, 3.63) is 53.7 Å². The lowest BCUT2D eigenvalue weighted by Crippen LogP contribution is -2.02. The van der Waals surface area contributed by atoms with Crippen molar-refractivity contribution in [3.63, 3.8) is 0 Å². The van der Waals surface area contributed by atoms with E-state index in [1.807, 2.05) is 0 Å². The van der Waals surface area contributed by atoms with Crippen LogP contribution in [0.1, 0.15) is 15.9 Å². The first kappa shape index (κ1) is 14.2. The molecular formula is C14H13NO4S. The van der Waals surface area contributed by atoms with Crippen molar-refractivity contribution < 1.29 is 18.3 Å². The van der Waals surface area contributed by atoms with Gasteiger partial charge in [-0.3, -0.25) is 4.98 Å². The molecule has 5 nitrogen and oxygen atoms in total. The van der Waals surface area contributed by atoms with Gasteiger partial charge in [0.05, 0.1) is 17.0 Å². The van der Waals surface area contributed by atoms with Gasteiger partial charge in [0, 0.05) is 18.0 Å². The van der Waals surface area contributed by atoms with Crippen LogP contribution < -0.4 is 0 Å². The molecule has 0 radical (unpaired) electrons. The number of hydrogen-bond acceptors (Lipinski definition) is 4. The zero-order chi connectivity index (χ0) is 14.8. The number of hydrogen-bond donors (Lipinski definition) is 1. The maximum absolute atomic E-state index is 11.2. The average Bonchev–Trinajstić information content (AvgIpc) is 2.38. The Morgan fingerprint density at radius 3 is 2.45 bits per heavy atom. The van der Waals surface area contributed by atoms with E-state index in [0.29, 0.717) is 16.8 Å². The maximum Gasteiger partial charge on any atom is 0.336 e. The lowest BCUT2D eigenvalue weighted by Gasteiger charge is -2.06. The third kappa shape index (κ3) is 3.42. The highest BCUT2D eigenvalue weighted by molar-refractivity contribution is 7.89. The van der Waals surface area contributed by atoms with Crippen LogP contribution in [0.4, 0.5) is 0 Å². The summed E-state index contributed by atoms with van der Waals surface area (Å²) >= 11 is 0. The number of carboxylic acids is 1. The smallest absolute Gasteiger partial charge is 0.336 e. The molecule has 2 rings (SSSR count). The Bertz CT molecular complexity index is 736. The zero-order valence-electron chi connectivity index (χ0n) is 10.8. The molecule has 0 aliphatic carbocycles. The van der Waals surface area contributed by atoms with Crippen molar-refractivity contribution >= 4 is 15.8 Å². The van der Waals surface area contributed by atoms with E-state index in [4.69, 9.17) is 5.11 Å². The maximum atomic E-state index is 11.2. The Morgan fingerprint density at radius 2 is 1.90 bits per heavy atom. The average molecular weight is 291 g/mol. The van der Waals surface area contributed by atoms with Crippen LogP contribution >= 0.6 is 0 Å². The Labute approximate surface area is 116 Å². The standard InChI is InChI=1S/C14H13NO4S/c1-20(18,19)9-10-6-7-13(15-8-10)11-4-2-3-5-12(11)14(16)17/h2-8H,9H2,1H3,(H,16,17). The predicted molar refractivity (Wildman–Crippen MR) is 75.2 cm³/mol. The molecule has 104 valence electrons. The summed E-state index contributed by atoms with van der Waals surface area (Å²) < 4.78 is 22.4. The Kier molecular flexibility index (Phi) is 3.85. The second kappa shape index (κ2) is 5.42. The third-order valence-electron chi connectivity index (χ3n) is 2.69. The molecule has 1 aromatic heterocycles. The van der Waals surface area contributed by atoms with E-state index in [-0.39, 0.29) is 11.3 Å². The van der Waals surface area contributed by atoms with Crippen molar-refractivity contribution in [1.82, 2.24) is 4.98 Å². The number of carbonyl (C=O) groups is 1.